The van der Waals surface area contributed by atoms with Crippen LogP contribution < -0.4 is 0 Å². The fraction of sp³-hybridized carbons (Fsp3) is 0.300. The second-order valence-electron chi connectivity index (χ2n) is 3.51. The van der Waals surface area contributed by atoms with Crippen LogP contribution in [0.2, 0.25) is 0 Å². The Morgan fingerprint density at radius 3 is 3.00 bits per heavy atom. The van der Waals surface area contributed by atoms with Gasteiger partial charge in [0.15, 0.2) is 4.67 Å². The maximum Gasteiger partial charge on any atom is 0.303 e. The number of carbonyl (C=O) groups is 1. The van der Waals surface area contributed by atoms with E-state index < -0.39 is 5.97 Å². The minimum absolute atomic E-state index is 0.0605. The average molecular weight is 300 g/mol. The van der Waals surface area contributed by atoms with Crippen LogP contribution in [0.15, 0.2) is 27.4 Å². The summed E-state index contributed by atoms with van der Waals surface area (Å²) in [5.74, 6) is -0.0823. The van der Waals surface area contributed by atoms with Gasteiger partial charge in [0.25, 0.3) is 0 Å². The third-order valence-electron chi connectivity index (χ3n) is 2.13. The van der Waals surface area contributed by atoms with E-state index in [-0.39, 0.29) is 6.42 Å². The van der Waals surface area contributed by atoms with Gasteiger partial charge in [0.1, 0.15) is 12.3 Å². The Kier molecular flexibility index (Phi) is 3.58. The minimum atomic E-state index is -0.838. The van der Waals surface area contributed by atoms with Crippen LogP contribution in [0.25, 0.3) is 0 Å². The Hall–Kier alpha value is -1.63. The van der Waals surface area contributed by atoms with Crippen LogP contribution in [-0.2, 0) is 17.8 Å². The third kappa shape index (κ3) is 3.42. The highest BCUT2D eigenvalue weighted by Crippen LogP contribution is 2.14. The first-order valence-corrected chi connectivity index (χ1v) is 5.78. The first kappa shape index (κ1) is 11.8. The Labute approximate surface area is 105 Å². The molecule has 0 atom stereocenters. The molecule has 0 radical (unpaired) electrons. The molecule has 0 saturated carbocycles. The molecule has 7 heteroatoms. The number of furan rings is 1. The molecule has 2 aromatic rings. The summed E-state index contributed by atoms with van der Waals surface area (Å²) in [5, 5.41) is 16.3. The molecule has 0 fully saturated rings. The molecule has 0 aliphatic heterocycles. The SMILES string of the molecule is O=C(O)CCc1cn(Cc2ccc(Br)o2)nn1. The first-order chi connectivity index (χ1) is 8.13. The zero-order chi connectivity index (χ0) is 12.3. The van der Waals surface area contributed by atoms with E-state index in [0.29, 0.717) is 23.3 Å². The zero-order valence-electron chi connectivity index (χ0n) is 8.84. The Morgan fingerprint density at radius 2 is 2.35 bits per heavy atom. The molecular formula is C10H10BrN3O3. The largest absolute Gasteiger partial charge is 0.481 e. The molecule has 6 nitrogen and oxygen atoms in total. The molecule has 0 spiro atoms. The van der Waals surface area contributed by atoms with E-state index >= 15 is 0 Å². The van der Waals surface area contributed by atoms with Crippen LogP contribution in [0.1, 0.15) is 17.9 Å². The van der Waals surface area contributed by atoms with Crippen molar-refractivity contribution in [2.24, 2.45) is 0 Å². The number of nitrogens with zero attached hydrogens (tertiary/aromatic N) is 3. The molecule has 17 heavy (non-hydrogen) atoms. The number of aryl methyl sites for hydroxylation is 1. The molecule has 0 aromatic carbocycles. The summed E-state index contributed by atoms with van der Waals surface area (Å²) in [5.41, 5.74) is 0.665. The van der Waals surface area contributed by atoms with Crippen molar-refractivity contribution in [3.63, 3.8) is 0 Å². The minimum Gasteiger partial charge on any atom is -0.481 e. The van der Waals surface area contributed by atoms with Gasteiger partial charge in [0.05, 0.1) is 12.1 Å². The maximum absolute atomic E-state index is 10.4. The van der Waals surface area contributed by atoms with Gasteiger partial charge in [0.2, 0.25) is 0 Å². The molecule has 0 saturated heterocycles. The van der Waals surface area contributed by atoms with Gasteiger partial charge >= 0.3 is 5.97 Å². The summed E-state index contributed by atoms with van der Waals surface area (Å²) in [6, 6.07) is 3.64. The van der Waals surface area contributed by atoms with Gasteiger partial charge in [-0.25, -0.2) is 4.68 Å². The highest BCUT2D eigenvalue weighted by molar-refractivity contribution is 9.10. The van der Waals surface area contributed by atoms with Crippen molar-refractivity contribution >= 4 is 21.9 Å². The van der Waals surface area contributed by atoms with E-state index in [1.54, 1.807) is 16.9 Å². The van der Waals surface area contributed by atoms with Crippen molar-refractivity contribution in [1.29, 1.82) is 0 Å². The van der Waals surface area contributed by atoms with Crippen LogP contribution in [0.3, 0.4) is 0 Å². The van der Waals surface area contributed by atoms with E-state index in [1.807, 2.05) is 6.07 Å². The lowest BCUT2D eigenvalue weighted by molar-refractivity contribution is -0.136. The predicted octanol–water partition coefficient (Wildman–Crippen LogP) is 1.70. The number of carboxylic acid groups (broad SMARTS) is 1. The molecule has 90 valence electrons. The molecule has 2 rings (SSSR count). The topological polar surface area (TPSA) is 81.1 Å². The second kappa shape index (κ2) is 5.13. The number of halogens is 1. The molecule has 2 aromatic heterocycles. The fourth-order valence-corrected chi connectivity index (χ4v) is 1.70. The van der Waals surface area contributed by atoms with Gasteiger partial charge < -0.3 is 9.52 Å². The molecule has 0 amide bonds. The molecular weight excluding hydrogens is 290 g/mol. The Morgan fingerprint density at radius 1 is 1.53 bits per heavy atom. The average Bonchev–Trinajstić information content (AvgIpc) is 2.86. The summed E-state index contributed by atoms with van der Waals surface area (Å²) in [7, 11) is 0. The standard InChI is InChI=1S/C10H10BrN3O3/c11-9-3-2-8(17-9)6-14-5-7(12-13-14)1-4-10(15)16/h2-3,5H,1,4,6H2,(H,15,16). The van der Waals surface area contributed by atoms with Crippen LogP contribution in [-0.4, -0.2) is 26.1 Å². The number of rotatable bonds is 5. The monoisotopic (exact) mass is 299 g/mol. The molecule has 1 N–H and O–H groups in total. The highest BCUT2D eigenvalue weighted by atomic mass is 79.9. The third-order valence-corrected chi connectivity index (χ3v) is 2.55. The van der Waals surface area contributed by atoms with E-state index in [2.05, 4.69) is 26.2 Å². The quantitative estimate of drug-likeness (QED) is 0.909. The van der Waals surface area contributed by atoms with Crippen molar-refractivity contribution in [2.45, 2.75) is 19.4 Å². The number of aliphatic carboxylic acids is 1. The van der Waals surface area contributed by atoms with E-state index in [0.717, 1.165) is 5.76 Å². The van der Waals surface area contributed by atoms with Crippen LogP contribution in [0, 0.1) is 0 Å². The first-order valence-electron chi connectivity index (χ1n) is 4.98. The number of aromatic nitrogens is 3. The molecule has 2 heterocycles. The van der Waals surface area contributed by atoms with Crippen molar-refractivity contribution < 1.29 is 14.3 Å². The van der Waals surface area contributed by atoms with Gasteiger partial charge in [-0.3, -0.25) is 4.79 Å². The summed E-state index contributed by atoms with van der Waals surface area (Å²) < 4.78 is 7.61. The predicted molar refractivity (Wildman–Crippen MR) is 61.5 cm³/mol. The van der Waals surface area contributed by atoms with Crippen molar-refractivity contribution in [3.8, 4) is 0 Å². The van der Waals surface area contributed by atoms with Crippen molar-refractivity contribution in [2.75, 3.05) is 0 Å². The second-order valence-corrected chi connectivity index (χ2v) is 4.29. The fourth-order valence-electron chi connectivity index (χ4n) is 1.36. The molecule has 0 unspecified atom stereocenters. The molecule has 0 aliphatic carbocycles. The van der Waals surface area contributed by atoms with E-state index in [1.165, 1.54) is 0 Å². The summed E-state index contributed by atoms with van der Waals surface area (Å²) in [4.78, 5) is 10.4. The molecule has 0 aliphatic rings. The van der Waals surface area contributed by atoms with Gasteiger partial charge in [-0.05, 0) is 28.1 Å². The van der Waals surface area contributed by atoms with Crippen LogP contribution in [0.4, 0.5) is 0 Å². The highest BCUT2D eigenvalue weighted by Gasteiger charge is 2.06. The Balaban J connectivity index is 1.96. The summed E-state index contributed by atoms with van der Waals surface area (Å²) in [6.07, 6.45) is 2.17. The summed E-state index contributed by atoms with van der Waals surface area (Å²) in [6.45, 7) is 0.478. The Bertz CT molecular complexity index is 520. The van der Waals surface area contributed by atoms with Gasteiger partial charge in [-0.1, -0.05) is 5.21 Å². The normalized spacial score (nSPS) is 10.6. The van der Waals surface area contributed by atoms with Gasteiger partial charge in [-0.2, -0.15) is 0 Å². The lowest BCUT2D eigenvalue weighted by Crippen LogP contribution is -1.99. The van der Waals surface area contributed by atoms with Gasteiger partial charge in [-0.15, -0.1) is 5.10 Å². The van der Waals surface area contributed by atoms with Crippen molar-refractivity contribution in [1.82, 2.24) is 15.0 Å². The number of hydrogen-bond acceptors (Lipinski definition) is 4. The lowest BCUT2D eigenvalue weighted by Gasteiger charge is -1.95. The lowest BCUT2D eigenvalue weighted by atomic mass is 10.2. The maximum atomic E-state index is 10.4. The molecule has 0 bridgehead atoms. The van der Waals surface area contributed by atoms with Gasteiger partial charge in [0, 0.05) is 12.6 Å². The van der Waals surface area contributed by atoms with Crippen LogP contribution >= 0.6 is 15.9 Å². The number of carboxylic acids is 1. The number of hydrogen-bond donors (Lipinski definition) is 1. The summed E-state index contributed by atoms with van der Waals surface area (Å²) >= 11 is 3.21. The van der Waals surface area contributed by atoms with E-state index in [4.69, 9.17) is 9.52 Å². The van der Waals surface area contributed by atoms with Crippen LogP contribution in [0.5, 0.6) is 0 Å². The van der Waals surface area contributed by atoms with E-state index in [9.17, 15) is 4.79 Å². The zero-order valence-corrected chi connectivity index (χ0v) is 10.4. The smallest absolute Gasteiger partial charge is 0.303 e. The van der Waals surface area contributed by atoms with Crippen molar-refractivity contribution in [3.05, 3.63) is 34.5 Å².